The summed E-state index contributed by atoms with van der Waals surface area (Å²) in [5.41, 5.74) is 0. The summed E-state index contributed by atoms with van der Waals surface area (Å²) in [6, 6.07) is 0. The van der Waals surface area contributed by atoms with E-state index in [0.29, 0.717) is 0 Å². The maximum absolute atomic E-state index is 2.52. The van der Waals surface area contributed by atoms with Gasteiger partial charge < -0.3 is 0 Å². The van der Waals surface area contributed by atoms with Crippen molar-refractivity contribution in [2.75, 3.05) is 54.4 Å². The van der Waals surface area contributed by atoms with Crippen molar-refractivity contribution in [3.05, 3.63) is 0 Å². The third-order valence-electron chi connectivity index (χ3n) is 3.35. The zero-order valence-electron chi connectivity index (χ0n) is 10.6. The van der Waals surface area contributed by atoms with Crippen molar-refractivity contribution >= 4 is 26.3 Å². The van der Waals surface area contributed by atoms with Gasteiger partial charge in [0.25, 0.3) is 0 Å². The van der Waals surface area contributed by atoms with E-state index in [4.69, 9.17) is 0 Å². The van der Waals surface area contributed by atoms with Crippen LogP contribution in [-0.2, 0) is 0 Å². The maximum atomic E-state index is 2.52. The van der Waals surface area contributed by atoms with E-state index >= 15 is 0 Å². The minimum atomic E-state index is 0.745. The van der Waals surface area contributed by atoms with Crippen molar-refractivity contribution in [2.24, 2.45) is 0 Å². The molecule has 2 fully saturated rings. The first kappa shape index (κ1) is 13.3. The molecule has 0 aromatic heterocycles. The molecule has 4 nitrogen and oxygen atoms in total. The van der Waals surface area contributed by atoms with E-state index < -0.39 is 0 Å². The van der Waals surface area contributed by atoms with Crippen LogP contribution in [0.15, 0.2) is 0 Å². The fourth-order valence-corrected chi connectivity index (χ4v) is 13.2. The number of rotatable bonds is 3. The Hall–Kier alpha value is 0.879. The van der Waals surface area contributed by atoms with Crippen LogP contribution < -0.4 is 0 Å². The first-order valence-electron chi connectivity index (χ1n) is 5.72. The average molecular weight is 356 g/mol. The molecule has 0 N–H and O–H groups in total. The van der Waals surface area contributed by atoms with Gasteiger partial charge in [-0.15, -0.1) is 0 Å². The molecule has 0 radical (unpaired) electrons. The van der Waals surface area contributed by atoms with Crippen molar-refractivity contribution in [2.45, 2.75) is 10.1 Å². The Morgan fingerprint density at radius 3 is 1.12 bits per heavy atom. The van der Waals surface area contributed by atoms with Gasteiger partial charge in [0.05, 0.1) is 0 Å². The molecular weight excluding hydrogens is 334 g/mol. The Morgan fingerprint density at radius 2 is 0.875 bits per heavy atom. The van der Waals surface area contributed by atoms with Gasteiger partial charge in [-0.3, -0.25) is 0 Å². The van der Waals surface area contributed by atoms with Crippen LogP contribution in [0.3, 0.4) is 0 Å². The van der Waals surface area contributed by atoms with Crippen LogP contribution in [-0.4, -0.2) is 110 Å². The van der Waals surface area contributed by atoms with Gasteiger partial charge >= 0.3 is 110 Å². The van der Waals surface area contributed by atoms with Gasteiger partial charge in [-0.2, -0.15) is 0 Å². The molecule has 0 amide bonds. The van der Waals surface area contributed by atoms with Crippen LogP contribution in [0.4, 0.5) is 0 Å². The molecule has 16 heavy (non-hydrogen) atoms. The van der Waals surface area contributed by atoms with E-state index in [1.165, 1.54) is 26.2 Å². The Labute approximate surface area is 110 Å². The zero-order chi connectivity index (χ0) is 11.7. The summed E-state index contributed by atoms with van der Waals surface area (Å²) < 4.78 is 0. The number of likely N-dealkylation sites (N-methyl/N-ethyl adjacent to an activating group) is 4. The number of hydrogen-bond acceptors (Lipinski definition) is 4. The van der Waals surface area contributed by atoms with Crippen LogP contribution >= 0.6 is 0 Å². The molecule has 2 rings (SSSR count). The molecule has 0 spiro atoms. The van der Waals surface area contributed by atoms with E-state index in [9.17, 15) is 0 Å². The molecule has 0 aromatic carbocycles. The summed E-state index contributed by atoms with van der Waals surface area (Å²) in [5, 5.41) is 1.49. The third kappa shape index (κ3) is 2.82. The SMILES string of the molecule is CN1CCN(C)C1[Se][Se]C1N(C)CCN1C. The van der Waals surface area contributed by atoms with Gasteiger partial charge in [0.1, 0.15) is 0 Å². The summed E-state index contributed by atoms with van der Waals surface area (Å²) in [6.45, 7) is 4.98. The predicted octanol–water partition coefficient (Wildman–Crippen LogP) is -1.37. The van der Waals surface area contributed by atoms with Crippen LogP contribution in [0.1, 0.15) is 0 Å². The first-order valence-corrected chi connectivity index (χ1v) is 12.0. The summed E-state index contributed by atoms with van der Waals surface area (Å²) in [5.74, 6) is 0. The number of hydrogen-bond donors (Lipinski definition) is 0. The molecule has 2 aliphatic rings. The summed E-state index contributed by atoms with van der Waals surface area (Å²) >= 11 is 1.51. The molecule has 0 saturated carbocycles. The van der Waals surface area contributed by atoms with Gasteiger partial charge in [-0.05, 0) is 0 Å². The molecule has 0 aromatic rings. The average Bonchev–Trinajstić information content (AvgIpc) is 2.72. The standard InChI is InChI=1S/C10H22N4Se2/c1-11-5-6-12(2)9(11)15-16-10-13(3)7-8-14(10)4/h9-10H,5-8H2,1-4H3. The molecule has 94 valence electrons. The van der Waals surface area contributed by atoms with Crippen LogP contribution in [0.25, 0.3) is 0 Å². The normalized spacial score (nSPS) is 28.5. The zero-order valence-corrected chi connectivity index (χ0v) is 14.0. The molecular formula is C10H22N4Se2. The molecule has 2 saturated heterocycles. The Balaban J connectivity index is 1.82. The quantitative estimate of drug-likeness (QED) is 0.579. The second-order valence-corrected chi connectivity index (χ2v) is 11.5. The third-order valence-corrected chi connectivity index (χ3v) is 12.3. The van der Waals surface area contributed by atoms with E-state index in [1.54, 1.807) is 0 Å². The molecule has 0 unspecified atom stereocenters. The topological polar surface area (TPSA) is 13.0 Å². The summed E-state index contributed by atoms with van der Waals surface area (Å²) in [6.07, 6.45) is 0. The van der Waals surface area contributed by atoms with Crippen LogP contribution in [0.2, 0.25) is 0 Å². The Morgan fingerprint density at radius 1 is 0.625 bits per heavy atom. The predicted molar refractivity (Wildman–Crippen MR) is 69.6 cm³/mol. The molecule has 2 aliphatic heterocycles. The van der Waals surface area contributed by atoms with Gasteiger partial charge in [0.2, 0.25) is 0 Å². The van der Waals surface area contributed by atoms with Crippen molar-refractivity contribution in [1.29, 1.82) is 0 Å². The van der Waals surface area contributed by atoms with E-state index in [2.05, 4.69) is 47.8 Å². The fourth-order valence-electron chi connectivity index (χ4n) is 2.14. The van der Waals surface area contributed by atoms with Gasteiger partial charge in [0.15, 0.2) is 0 Å². The second kappa shape index (κ2) is 5.68. The summed E-state index contributed by atoms with van der Waals surface area (Å²) in [4.78, 5) is 10.1. The van der Waals surface area contributed by atoms with Gasteiger partial charge in [-0.1, -0.05) is 0 Å². The van der Waals surface area contributed by atoms with Crippen molar-refractivity contribution in [1.82, 2.24) is 19.6 Å². The monoisotopic (exact) mass is 358 g/mol. The molecule has 2 heterocycles. The molecule has 0 bridgehead atoms. The van der Waals surface area contributed by atoms with Gasteiger partial charge in [-0.25, -0.2) is 0 Å². The van der Waals surface area contributed by atoms with Crippen LogP contribution in [0, 0.1) is 0 Å². The van der Waals surface area contributed by atoms with Crippen LogP contribution in [0.5, 0.6) is 0 Å². The van der Waals surface area contributed by atoms with Crippen molar-refractivity contribution < 1.29 is 0 Å². The van der Waals surface area contributed by atoms with E-state index in [0.717, 1.165) is 36.4 Å². The van der Waals surface area contributed by atoms with Gasteiger partial charge in [0, 0.05) is 0 Å². The van der Waals surface area contributed by atoms with Crippen molar-refractivity contribution in [3.63, 3.8) is 0 Å². The molecule has 0 aliphatic carbocycles. The minimum absolute atomic E-state index is 0.745. The Kier molecular flexibility index (Phi) is 4.73. The van der Waals surface area contributed by atoms with E-state index in [-0.39, 0.29) is 0 Å². The summed E-state index contributed by atoms with van der Waals surface area (Å²) in [7, 11) is 9.09. The fraction of sp³-hybridized carbons (Fsp3) is 1.00. The van der Waals surface area contributed by atoms with E-state index in [1.807, 2.05) is 0 Å². The first-order chi connectivity index (χ1) is 7.59. The second-order valence-electron chi connectivity index (χ2n) is 4.77. The Bertz CT molecular complexity index is 197. The van der Waals surface area contributed by atoms with Crippen molar-refractivity contribution in [3.8, 4) is 0 Å². The molecule has 6 heteroatoms. The molecule has 0 atom stereocenters. The number of nitrogens with zero attached hydrogens (tertiary/aromatic N) is 4.